The van der Waals surface area contributed by atoms with Crippen LogP contribution in [-0.2, 0) is 0 Å². The van der Waals surface area contributed by atoms with E-state index in [4.69, 9.17) is 0 Å². The molecule has 0 saturated carbocycles. The Morgan fingerprint density at radius 2 is 1.95 bits per heavy atom. The van der Waals surface area contributed by atoms with Gasteiger partial charge in [0, 0.05) is 31.4 Å². The van der Waals surface area contributed by atoms with E-state index >= 15 is 0 Å². The van der Waals surface area contributed by atoms with Gasteiger partial charge in [0.15, 0.2) is 0 Å². The zero-order chi connectivity index (χ0) is 13.1. The van der Waals surface area contributed by atoms with Gasteiger partial charge in [-0.2, -0.15) is 0 Å². The van der Waals surface area contributed by atoms with Crippen molar-refractivity contribution in [1.29, 1.82) is 0 Å². The van der Waals surface area contributed by atoms with E-state index in [1.54, 1.807) is 12.5 Å². The quantitative estimate of drug-likeness (QED) is 0.821. The maximum absolute atomic E-state index is 4.60. The Balaban J connectivity index is 1.78. The molecule has 1 atom stereocenters. The molecular weight excluding hydrogens is 238 g/mol. The van der Waals surface area contributed by atoms with E-state index in [2.05, 4.69) is 24.8 Å². The van der Waals surface area contributed by atoms with Gasteiger partial charge >= 0.3 is 0 Å². The first-order valence-corrected chi connectivity index (χ1v) is 6.61. The fourth-order valence-electron chi connectivity index (χ4n) is 2.59. The zero-order valence-corrected chi connectivity index (χ0v) is 11.0. The van der Waals surface area contributed by atoms with Gasteiger partial charge in [-0.1, -0.05) is 0 Å². The number of piperidine rings is 1. The summed E-state index contributed by atoms with van der Waals surface area (Å²) in [6, 6.07) is 0. The lowest BCUT2D eigenvalue weighted by Gasteiger charge is -2.33. The first-order chi connectivity index (χ1) is 9.33. The minimum absolute atomic E-state index is 0.446. The third-order valence-corrected chi connectivity index (χ3v) is 3.53. The van der Waals surface area contributed by atoms with Crippen LogP contribution in [0.3, 0.4) is 0 Å². The van der Waals surface area contributed by atoms with Gasteiger partial charge in [-0.3, -0.25) is 9.97 Å². The summed E-state index contributed by atoms with van der Waals surface area (Å²) >= 11 is 0. The van der Waals surface area contributed by atoms with Crippen molar-refractivity contribution in [1.82, 2.24) is 19.9 Å². The van der Waals surface area contributed by atoms with Crippen LogP contribution < -0.4 is 4.90 Å². The summed E-state index contributed by atoms with van der Waals surface area (Å²) in [5.41, 5.74) is 3.17. The fourth-order valence-corrected chi connectivity index (χ4v) is 2.59. The Bertz CT molecular complexity index is 543. The van der Waals surface area contributed by atoms with Gasteiger partial charge in [0.2, 0.25) is 0 Å². The normalized spacial score (nSPS) is 19.4. The number of anilines is 1. The lowest BCUT2D eigenvalue weighted by Crippen LogP contribution is -2.34. The van der Waals surface area contributed by atoms with Crippen LogP contribution >= 0.6 is 0 Å². The van der Waals surface area contributed by atoms with Crippen molar-refractivity contribution in [3.8, 4) is 0 Å². The topological polar surface area (TPSA) is 54.8 Å². The summed E-state index contributed by atoms with van der Waals surface area (Å²) in [7, 11) is 0. The highest BCUT2D eigenvalue weighted by molar-refractivity contribution is 5.42. The highest BCUT2D eigenvalue weighted by Crippen LogP contribution is 2.28. The molecule has 2 aromatic heterocycles. The van der Waals surface area contributed by atoms with Crippen molar-refractivity contribution in [2.45, 2.75) is 25.7 Å². The molecule has 98 valence electrons. The second-order valence-corrected chi connectivity index (χ2v) is 4.97. The molecule has 0 amide bonds. The molecule has 1 aliphatic rings. The number of aromatic nitrogens is 4. The average molecular weight is 255 g/mol. The molecule has 0 N–H and O–H groups in total. The maximum Gasteiger partial charge on any atom is 0.115 e. The Morgan fingerprint density at radius 3 is 2.74 bits per heavy atom. The molecule has 0 unspecified atom stereocenters. The summed E-state index contributed by atoms with van der Waals surface area (Å²) in [6.07, 6.45) is 11.3. The molecule has 3 heterocycles. The first-order valence-electron chi connectivity index (χ1n) is 6.61. The summed E-state index contributed by atoms with van der Waals surface area (Å²) < 4.78 is 0. The minimum atomic E-state index is 0.446. The molecule has 0 aromatic carbocycles. The van der Waals surface area contributed by atoms with Crippen LogP contribution in [0, 0.1) is 6.92 Å². The molecule has 19 heavy (non-hydrogen) atoms. The van der Waals surface area contributed by atoms with Gasteiger partial charge < -0.3 is 4.90 Å². The Labute approximate surface area is 112 Å². The number of rotatable bonds is 2. The summed E-state index contributed by atoms with van der Waals surface area (Å²) in [4.78, 5) is 19.4. The van der Waals surface area contributed by atoms with Crippen molar-refractivity contribution in [2.24, 2.45) is 0 Å². The van der Waals surface area contributed by atoms with Gasteiger partial charge in [0.05, 0.1) is 29.5 Å². The van der Waals surface area contributed by atoms with Gasteiger partial charge in [0.1, 0.15) is 6.33 Å². The van der Waals surface area contributed by atoms with E-state index in [0.29, 0.717) is 5.92 Å². The second kappa shape index (κ2) is 5.30. The van der Waals surface area contributed by atoms with E-state index in [-0.39, 0.29) is 0 Å². The zero-order valence-electron chi connectivity index (χ0n) is 11.0. The molecule has 3 rings (SSSR count). The van der Waals surface area contributed by atoms with Crippen molar-refractivity contribution < 1.29 is 0 Å². The Kier molecular flexibility index (Phi) is 3.35. The summed E-state index contributed by atoms with van der Waals surface area (Å²) in [5, 5.41) is 0. The van der Waals surface area contributed by atoms with Gasteiger partial charge in [-0.25, -0.2) is 9.97 Å². The largest absolute Gasteiger partial charge is 0.368 e. The number of aryl methyl sites for hydroxylation is 1. The van der Waals surface area contributed by atoms with Crippen molar-refractivity contribution in [3.63, 3.8) is 0 Å². The van der Waals surface area contributed by atoms with Crippen LogP contribution in [0.25, 0.3) is 0 Å². The lowest BCUT2D eigenvalue weighted by atomic mass is 9.95. The monoisotopic (exact) mass is 255 g/mol. The molecule has 1 saturated heterocycles. The molecule has 5 heteroatoms. The molecular formula is C14H17N5. The second-order valence-electron chi connectivity index (χ2n) is 4.97. The fraction of sp³-hybridized carbons (Fsp3) is 0.429. The molecule has 1 fully saturated rings. The van der Waals surface area contributed by atoms with E-state index in [9.17, 15) is 0 Å². The van der Waals surface area contributed by atoms with Gasteiger partial charge in [-0.15, -0.1) is 0 Å². The van der Waals surface area contributed by atoms with E-state index in [0.717, 1.165) is 36.6 Å². The van der Waals surface area contributed by atoms with Crippen LogP contribution in [-0.4, -0.2) is 33.0 Å². The SMILES string of the molecule is Cc1cncc([C@H]2CCCN(c3cncnc3)C2)n1. The smallest absolute Gasteiger partial charge is 0.115 e. The van der Waals surface area contributed by atoms with E-state index in [1.807, 2.05) is 25.5 Å². The van der Waals surface area contributed by atoms with Crippen LogP contribution in [0.15, 0.2) is 31.1 Å². The minimum Gasteiger partial charge on any atom is -0.368 e. The average Bonchev–Trinajstić information content (AvgIpc) is 2.48. The molecule has 0 spiro atoms. The standard InChI is InChI=1S/C14H17N5/c1-11-5-15-8-14(18-11)12-3-2-4-19(9-12)13-6-16-10-17-7-13/h5-8,10,12H,2-4,9H2,1H3/t12-/m0/s1. The number of hydrogen-bond donors (Lipinski definition) is 0. The van der Waals surface area contributed by atoms with E-state index < -0.39 is 0 Å². The van der Waals surface area contributed by atoms with Gasteiger partial charge in [-0.05, 0) is 19.8 Å². The van der Waals surface area contributed by atoms with Crippen molar-refractivity contribution >= 4 is 5.69 Å². The summed E-state index contributed by atoms with van der Waals surface area (Å²) in [6.45, 7) is 4.01. The predicted molar refractivity (Wildman–Crippen MR) is 73.0 cm³/mol. The number of nitrogens with zero attached hydrogens (tertiary/aromatic N) is 5. The third kappa shape index (κ3) is 2.70. The lowest BCUT2D eigenvalue weighted by molar-refractivity contribution is 0.499. The Morgan fingerprint density at radius 1 is 1.11 bits per heavy atom. The third-order valence-electron chi connectivity index (χ3n) is 3.53. The van der Waals surface area contributed by atoms with Crippen molar-refractivity contribution in [2.75, 3.05) is 18.0 Å². The summed E-state index contributed by atoms with van der Waals surface area (Å²) in [5.74, 6) is 0.446. The predicted octanol–water partition coefficient (Wildman–Crippen LogP) is 1.96. The molecule has 1 aliphatic heterocycles. The Hall–Kier alpha value is -2.04. The molecule has 2 aromatic rings. The van der Waals surface area contributed by atoms with Crippen LogP contribution in [0.4, 0.5) is 5.69 Å². The highest BCUT2D eigenvalue weighted by atomic mass is 15.2. The molecule has 0 radical (unpaired) electrons. The number of hydrogen-bond acceptors (Lipinski definition) is 5. The molecule has 5 nitrogen and oxygen atoms in total. The van der Waals surface area contributed by atoms with Crippen molar-refractivity contribution in [3.05, 3.63) is 42.5 Å². The van der Waals surface area contributed by atoms with E-state index in [1.165, 1.54) is 6.42 Å². The van der Waals surface area contributed by atoms with Crippen LogP contribution in [0.1, 0.15) is 30.1 Å². The van der Waals surface area contributed by atoms with Crippen LogP contribution in [0.2, 0.25) is 0 Å². The van der Waals surface area contributed by atoms with Crippen LogP contribution in [0.5, 0.6) is 0 Å². The molecule has 0 bridgehead atoms. The highest BCUT2D eigenvalue weighted by Gasteiger charge is 2.23. The van der Waals surface area contributed by atoms with Gasteiger partial charge in [0.25, 0.3) is 0 Å². The maximum atomic E-state index is 4.60. The first kappa shape index (κ1) is 12.0. The molecule has 0 aliphatic carbocycles.